The molecule has 2 aromatic carbocycles. The number of fused-ring (bicyclic) bond motifs is 2. The molecule has 1 aliphatic carbocycles. The van der Waals surface area contributed by atoms with Crippen LogP contribution in [-0.4, -0.2) is 42.2 Å². The highest BCUT2D eigenvalue weighted by Gasteiger charge is 2.34. The van der Waals surface area contributed by atoms with Crippen LogP contribution in [0.15, 0.2) is 47.8 Å². The number of aryl methyl sites for hydroxylation is 2. The van der Waals surface area contributed by atoms with Crippen molar-refractivity contribution in [2.45, 2.75) is 38.5 Å². The number of amides is 3. The topological polar surface area (TPSA) is 92.8 Å². The average Bonchev–Trinajstić information content (AvgIpc) is 3.42. The SMILES string of the molecule is COC(=O)c1c(-c2ccc3c(c2)CCCC3)csc1NC(=O)CCCN1C(=O)c2ccccc2C1=O. The summed E-state index contributed by atoms with van der Waals surface area (Å²) in [6.45, 7) is 0.147. The maximum Gasteiger partial charge on any atom is 0.341 e. The molecule has 0 saturated heterocycles. The van der Waals surface area contributed by atoms with E-state index >= 15 is 0 Å². The molecule has 8 heteroatoms. The van der Waals surface area contributed by atoms with E-state index < -0.39 is 5.97 Å². The van der Waals surface area contributed by atoms with Gasteiger partial charge in [-0.25, -0.2) is 4.79 Å². The van der Waals surface area contributed by atoms with Gasteiger partial charge in [0.25, 0.3) is 11.8 Å². The maximum absolute atomic E-state index is 12.7. The standard InChI is InChI=1S/C28H26N2O5S/c1-35-28(34)24-22(19-13-12-17-7-2-3-8-18(17)15-19)16-36-25(24)29-23(31)11-6-14-30-26(32)20-9-4-5-10-21(20)27(30)33/h4-5,9-10,12-13,15-16H,2-3,6-8,11,14H2,1H3,(H,29,31). The lowest BCUT2D eigenvalue weighted by atomic mass is 9.89. The Labute approximate surface area is 213 Å². The van der Waals surface area contributed by atoms with Gasteiger partial charge in [0.05, 0.1) is 18.2 Å². The number of nitrogens with zero attached hydrogens (tertiary/aromatic N) is 1. The molecule has 0 atom stereocenters. The molecule has 5 rings (SSSR count). The molecule has 1 aromatic heterocycles. The fourth-order valence-corrected chi connectivity index (χ4v) is 5.87. The van der Waals surface area contributed by atoms with E-state index in [4.69, 9.17) is 4.74 Å². The van der Waals surface area contributed by atoms with Crippen LogP contribution in [0.5, 0.6) is 0 Å². The lowest BCUT2D eigenvalue weighted by Gasteiger charge is -2.17. The van der Waals surface area contributed by atoms with Crippen LogP contribution in [0.3, 0.4) is 0 Å². The van der Waals surface area contributed by atoms with Crippen LogP contribution >= 0.6 is 11.3 Å². The van der Waals surface area contributed by atoms with Crippen LogP contribution in [0.1, 0.15) is 67.9 Å². The molecule has 1 aliphatic heterocycles. The van der Waals surface area contributed by atoms with Crippen molar-refractivity contribution < 1.29 is 23.9 Å². The highest BCUT2D eigenvalue weighted by atomic mass is 32.1. The number of anilines is 1. The second-order valence-electron chi connectivity index (χ2n) is 8.99. The van der Waals surface area contributed by atoms with Gasteiger partial charge >= 0.3 is 5.97 Å². The zero-order valence-corrected chi connectivity index (χ0v) is 20.8. The fraction of sp³-hybridized carbons (Fsp3) is 0.286. The zero-order valence-electron chi connectivity index (χ0n) is 20.0. The first kappa shape index (κ1) is 23.9. The van der Waals surface area contributed by atoms with Crippen molar-refractivity contribution in [1.82, 2.24) is 4.90 Å². The molecule has 36 heavy (non-hydrogen) atoms. The van der Waals surface area contributed by atoms with E-state index in [1.807, 2.05) is 11.4 Å². The quantitative estimate of drug-likeness (QED) is 0.359. The van der Waals surface area contributed by atoms with Crippen molar-refractivity contribution in [2.24, 2.45) is 0 Å². The van der Waals surface area contributed by atoms with Crippen molar-refractivity contribution >= 4 is 40.0 Å². The smallest absolute Gasteiger partial charge is 0.341 e. The van der Waals surface area contributed by atoms with E-state index in [0.717, 1.165) is 30.4 Å². The normalized spacial score (nSPS) is 14.4. The van der Waals surface area contributed by atoms with Gasteiger partial charge in [0.1, 0.15) is 10.6 Å². The van der Waals surface area contributed by atoms with Crippen molar-refractivity contribution in [3.05, 3.63) is 75.7 Å². The Morgan fingerprint density at radius 2 is 1.67 bits per heavy atom. The minimum absolute atomic E-state index is 0.0973. The predicted octanol–water partition coefficient (Wildman–Crippen LogP) is 5.10. The Balaban J connectivity index is 1.27. The van der Waals surface area contributed by atoms with E-state index in [1.165, 1.54) is 40.9 Å². The summed E-state index contributed by atoms with van der Waals surface area (Å²) in [4.78, 5) is 51.6. The first-order chi connectivity index (χ1) is 17.5. The number of carbonyl (C=O) groups is 4. The Morgan fingerprint density at radius 1 is 0.972 bits per heavy atom. The summed E-state index contributed by atoms with van der Waals surface area (Å²) in [6, 6.07) is 13.0. The van der Waals surface area contributed by atoms with Crippen molar-refractivity contribution in [1.29, 1.82) is 0 Å². The summed E-state index contributed by atoms with van der Waals surface area (Å²) in [5, 5.41) is 5.13. The monoisotopic (exact) mass is 502 g/mol. The maximum atomic E-state index is 12.7. The van der Waals surface area contributed by atoms with Crippen LogP contribution in [0.25, 0.3) is 11.1 Å². The first-order valence-electron chi connectivity index (χ1n) is 12.0. The van der Waals surface area contributed by atoms with E-state index in [-0.39, 0.29) is 30.7 Å². The summed E-state index contributed by atoms with van der Waals surface area (Å²) in [5.41, 5.74) is 5.45. The third-order valence-electron chi connectivity index (χ3n) is 6.76. The summed E-state index contributed by atoms with van der Waals surface area (Å²) in [7, 11) is 1.32. The molecule has 3 amide bonds. The van der Waals surface area contributed by atoms with Crippen LogP contribution in [0.2, 0.25) is 0 Å². The summed E-state index contributed by atoms with van der Waals surface area (Å²) < 4.78 is 5.03. The van der Waals surface area contributed by atoms with E-state index in [0.29, 0.717) is 28.1 Å². The molecular weight excluding hydrogens is 476 g/mol. The molecule has 0 unspecified atom stereocenters. The first-order valence-corrected chi connectivity index (χ1v) is 12.9. The number of hydrogen-bond acceptors (Lipinski definition) is 6. The Morgan fingerprint density at radius 3 is 2.36 bits per heavy atom. The van der Waals surface area contributed by atoms with E-state index in [1.54, 1.807) is 24.3 Å². The highest BCUT2D eigenvalue weighted by Crippen LogP contribution is 2.38. The average molecular weight is 503 g/mol. The Kier molecular flexibility index (Phi) is 6.69. The van der Waals surface area contributed by atoms with Crippen LogP contribution in [-0.2, 0) is 22.4 Å². The number of hydrogen-bond donors (Lipinski definition) is 1. The van der Waals surface area contributed by atoms with Crippen LogP contribution in [0.4, 0.5) is 5.00 Å². The number of imide groups is 1. The van der Waals surface area contributed by atoms with Gasteiger partial charge in [-0.2, -0.15) is 0 Å². The lowest BCUT2D eigenvalue weighted by Crippen LogP contribution is -2.31. The Hall–Kier alpha value is -3.78. The number of esters is 1. The molecule has 0 bridgehead atoms. The second-order valence-corrected chi connectivity index (χ2v) is 9.87. The number of methoxy groups -OCH3 is 1. The summed E-state index contributed by atoms with van der Waals surface area (Å²) in [6.07, 6.45) is 4.87. The predicted molar refractivity (Wildman–Crippen MR) is 137 cm³/mol. The second kappa shape index (κ2) is 10.1. The third kappa shape index (κ3) is 4.44. The molecule has 0 saturated carbocycles. The van der Waals surface area contributed by atoms with Gasteiger partial charge in [-0.15, -0.1) is 11.3 Å². The minimum atomic E-state index is -0.509. The molecule has 2 heterocycles. The highest BCUT2D eigenvalue weighted by molar-refractivity contribution is 7.15. The van der Waals surface area contributed by atoms with Crippen LogP contribution < -0.4 is 5.32 Å². The number of carbonyl (C=O) groups excluding carboxylic acids is 4. The van der Waals surface area contributed by atoms with E-state index in [9.17, 15) is 19.2 Å². The fourth-order valence-electron chi connectivity index (χ4n) is 4.90. The number of rotatable bonds is 7. The number of benzene rings is 2. The Bertz CT molecular complexity index is 1340. The van der Waals surface area contributed by atoms with Gasteiger partial charge in [-0.3, -0.25) is 19.3 Å². The zero-order chi connectivity index (χ0) is 25.2. The van der Waals surface area contributed by atoms with Crippen LogP contribution in [0, 0.1) is 0 Å². The summed E-state index contributed by atoms with van der Waals surface area (Å²) in [5.74, 6) is -1.48. The number of ether oxygens (including phenoxy) is 1. The van der Waals surface area contributed by atoms with Crippen molar-refractivity contribution in [2.75, 3.05) is 19.0 Å². The number of nitrogens with one attached hydrogen (secondary N) is 1. The molecule has 0 spiro atoms. The molecule has 3 aromatic rings. The molecule has 0 fully saturated rings. The number of thiophene rings is 1. The van der Waals surface area contributed by atoms with Gasteiger partial charge in [-0.05, 0) is 60.9 Å². The van der Waals surface area contributed by atoms with Gasteiger partial charge < -0.3 is 10.1 Å². The molecule has 0 radical (unpaired) electrons. The van der Waals surface area contributed by atoms with Gasteiger partial charge in [0.15, 0.2) is 0 Å². The van der Waals surface area contributed by atoms with Crippen molar-refractivity contribution in [3.63, 3.8) is 0 Å². The molecule has 184 valence electrons. The minimum Gasteiger partial charge on any atom is -0.465 e. The largest absolute Gasteiger partial charge is 0.465 e. The molecular formula is C28H26N2O5S. The third-order valence-corrected chi connectivity index (χ3v) is 7.65. The van der Waals surface area contributed by atoms with E-state index in [2.05, 4.69) is 17.4 Å². The summed E-state index contributed by atoms with van der Waals surface area (Å²) >= 11 is 1.28. The van der Waals surface area contributed by atoms with Gasteiger partial charge in [-0.1, -0.05) is 30.3 Å². The van der Waals surface area contributed by atoms with Gasteiger partial charge in [0, 0.05) is 23.9 Å². The van der Waals surface area contributed by atoms with Gasteiger partial charge in [0.2, 0.25) is 5.91 Å². The molecule has 7 nitrogen and oxygen atoms in total. The lowest BCUT2D eigenvalue weighted by molar-refractivity contribution is -0.116. The molecule has 1 N–H and O–H groups in total. The van der Waals surface area contributed by atoms with Crippen molar-refractivity contribution in [3.8, 4) is 11.1 Å². The molecule has 2 aliphatic rings.